The van der Waals surface area contributed by atoms with Crippen LogP contribution in [0.5, 0.6) is 0 Å². The smallest absolute Gasteiger partial charge is 0.237 e. The molecule has 2 unspecified atom stereocenters. The first kappa shape index (κ1) is 18.5. The minimum atomic E-state index is -1.12. The van der Waals surface area contributed by atoms with Crippen molar-refractivity contribution in [1.82, 2.24) is 19.9 Å². The molecule has 2 aromatic heterocycles. The van der Waals surface area contributed by atoms with Crippen molar-refractivity contribution in [2.24, 2.45) is 11.7 Å². The number of pyridine rings is 1. The minimum Gasteiger partial charge on any atom is -0.397 e. The highest BCUT2D eigenvalue weighted by Gasteiger charge is 2.46. The Bertz CT molecular complexity index is 794. The van der Waals surface area contributed by atoms with E-state index in [-0.39, 0.29) is 5.92 Å². The summed E-state index contributed by atoms with van der Waals surface area (Å²) in [6.45, 7) is 3.26. The van der Waals surface area contributed by atoms with Crippen LogP contribution >= 0.6 is 0 Å². The van der Waals surface area contributed by atoms with Crippen LogP contribution in [0.3, 0.4) is 0 Å². The van der Waals surface area contributed by atoms with Crippen LogP contribution < -0.4 is 16.8 Å². The largest absolute Gasteiger partial charge is 0.397 e. The van der Waals surface area contributed by atoms with E-state index in [9.17, 15) is 15.0 Å². The van der Waals surface area contributed by atoms with Gasteiger partial charge in [0.15, 0.2) is 11.9 Å². The van der Waals surface area contributed by atoms with E-state index < -0.39 is 43.0 Å². The van der Waals surface area contributed by atoms with Crippen molar-refractivity contribution in [3.63, 3.8) is 0 Å². The highest BCUT2D eigenvalue weighted by atomic mass is 16.5. The lowest BCUT2D eigenvalue weighted by atomic mass is 10.0. The lowest BCUT2D eigenvalue weighted by Gasteiger charge is -2.25. The molecule has 7 N–H and O–H groups in total. The fourth-order valence-electron chi connectivity index (χ4n) is 2.99. The van der Waals surface area contributed by atoms with E-state index in [1.165, 1.54) is 12.5 Å². The van der Waals surface area contributed by atoms with Crippen LogP contribution in [0.25, 0.3) is 11.2 Å². The van der Waals surface area contributed by atoms with E-state index in [1.54, 1.807) is 10.6 Å². The molecule has 3 rings (SSSR count). The third-order valence-electron chi connectivity index (χ3n) is 4.65. The summed E-state index contributed by atoms with van der Waals surface area (Å²) >= 11 is 0. The molecule has 142 valence electrons. The summed E-state index contributed by atoms with van der Waals surface area (Å²) in [6.07, 6.45) is 0.218. The van der Waals surface area contributed by atoms with Crippen LogP contribution in [0.1, 0.15) is 20.1 Å². The molecule has 0 saturated carbocycles. The number of carbonyl (C=O) groups is 1. The summed E-state index contributed by atoms with van der Waals surface area (Å²) in [6, 6.07) is 0.0657. The van der Waals surface area contributed by atoms with E-state index in [4.69, 9.17) is 16.2 Å². The number of ether oxygens (including phenoxy) is 1. The fraction of sp³-hybridized carbons (Fsp3) is 0.562. The van der Waals surface area contributed by atoms with Crippen molar-refractivity contribution in [1.29, 1.82) is 0 Å². The molecule has 5 atom stereocenters. The lowest BCUT2D eigenvalue weighted by molar-refractivity contribution is -0.125. The Kier molecular flexibility index (Phi) is 5.10. The highest BCUT2D eigenvalue weighted by Crippen LogP contribution is 2.32. The number of aliphatic hydroxyl groups is 2. The van der Waals surface area contributed by atoms with Crippen LogP contribution in [0.2, 0.25) is 0 Å². The van der Waals surface area contributed by atoms with Gasteiger partial charge < -0.3 is 31.7 Å². The van der Waals surface area contributed by atoms with Gasteiger partial charge in [-0.15, -0.1) is 0 Å². The average Bonchev–Trinajstić information content (AvgIpc) is 3.17. The number of anilines is 1. The number of carbonyl (C=O) groups excluding carboxylic acids is 1. The van der Waals surface area contributed by atoms with E-state index in [2.05, 4.69) is 15.3 Å². The molecular formula is C16H24N6O4. The number of fused-ring (bicyclic) bond motifs is 1. The van der Waals surface area contributed by atoms with Gasteiger partial charge in [0.2, 0.25) is 5.91 Å². The first-order valence-corrected chi connectivity index (χ1v) is 8.42. The molecule has 1 aliphatic heterocycles. The lowest BCUT2D eigenvalue weighted by Crippen LogP contribution is -2.53. The number of aliphatic hydroxyl groups excluding tert-OH is 2. The van der Waals surface area contributed by atoms with Crippen LogP contribution in [-0.4, -0.2) is 61.6 Å². The Balaban J connectivity index is 1.94. The molecule has 3 heterocycles. The Morgan fingerprint density at radius 1 is 1.46 bits per heavy atom. The van der Waals surface area contributed by atoms with Gasteiger partial charge in [-0.1, -0.05) is 13.8 Å². The zero-order valence-corrected chi connectivity index (χ0v) is 14.6. The van der Waals surface area contributed by atoms with Gasteiger partial charge in [-0.05, 0) is 12.0 Å². The molecule has 1 aliphatic rings. The maximum absolute atomic E-state index is 12.4. The molecule has 1 amide bonds. The third kappa shape index (κ3) is 3.12. The van der Waals surface area contributed by atoms with Gasteiger partial charge in [0.05, 0.1) is 24.7 Å². The molecular weight excluding hydrogens is 340 g/mol. The summed E-state index contributed by atoms with van der Waals surface area (Å²) in [5.74, 6) is -0.481. The molecule has 0 aromatic carbocycles. The SMILES string of the molecule is CC(C)C(N)C(=O)NC1[C@@H](O)[C@@H](CO)O[C@H]1n1cnc2c(N)ccnc21. The van der Waals surface area contributed by atoms with E-state index in [1.807, 2.05) is 13.8 Å². The molecule has 0 spiro atoms. The highest BCUT2D eigenvalue weighted by molar-refractivity contribution is 5.84. The molecule has 1 saturated heterocycles. The van der Waals surface area contributed by atoms with Crippen LogP contribution in [-0.2, 0) is 9.53 Å². The standard InChI is InChI=1S/C16H24N6O4/c1-7(2)10(18)15(25)21-12-13(24)9(5-23)26-16(12)22-6-20-11-8(17)3-4-19-14(11)22/h3-4,6-7,9-10,12-13,16,23-24H,5,18H2,1-2H3,(H2,17,19)(H,21,25)/t9-,10?,12?,13+,16-/m1/s1. The van der Waals surface area contributed by atoms with Crippen molar-refractivity contribution >= 4 is 22.8 Å². The Morgan fingerprint density at radius 3 is 2.85 bits per heavy atom. The maximum Gasteiger partial charge on any atom is 0.237 e. The number of aromatic nitrogens is 3. The molecule has 0 aliphatic carbocycles. The van der Waals surface area contributed by atoms with Gasteiger partial charge in [-0.25, -0.2) is 9.97 Å². The molecule has 0 radical (unpaired) electrons. The van der Waals surface area contributed by atoms with Crippen LogP contribution in [0.15, 0.2) is 18.6 Å². The second kappa shape index (κ2) is 7.16. The number of amides is 1. The van der Waals surface area contributed by atoms with Gasteiger partial charge in [0, 0.05) is 6.20 Å². The Hall–Kier alpha value is -2.27. The second-order valence-corrected chi connectivity index (χ2v) is 6.77. The first-order chi connectivity index (χ1) is 12.3. The topological polar surface area (TPSA) is 162 Å². The predicted molar refractivity (Wildman–Crippen MR) is 93.7 cm³/mol. The van der Waals surface area contributed by atoms with Gasteiger partial charge >= 0.3 is 0 Å². The van der Waals surface area contributed by atoms with Crippen molar-refractivity contribution < 1.29 is 19.7 Å². The fourth-order valence-corrected chi connectivity index (χ4v) is 2.99. The Morgan fingerprint density at radius 2 is 2.19 bits per heavy atom. The average molecular weight is 364 g/mol. The van der Waals surface area contributed by atoms with Crippen molar-refractivity contribution in [2.75, 3.05) is 12.3 Å². The normalized spacial score (nSPS) is 27.2. The van der Waals surface area contributed by atoms with Crippen molar-refractivity contribution in [2.45, 2.75) is 44.4 Å². The number of nitrogens with one attached hydrogen (secondary N) is 1. The molecule has 0 bridgehead atoms. The van der Waals surface area contributed by atoms with Gasteiger partial charge in [-0.2, -0.15) is 0 Å². The Labute approximate surface area is 150 Å². The summed E-state index contributed by atoms with van der Waals surface area (Å²) < 4.78 is 7.34. The zero-order valence-electron chi connectivity index (χ0n) is 14.6. The number of nitrogens with two attached hydrogens (primary N) is 2. The summed E-state index contributed by atoms with van der Waals surface area (Å²) in [4.78, 5) is 20.9. The number of imidazole rings is 1. The number of hydrogen-bond acceptors (Lipinski definition) is 8. The summed E-state index contributed by atoms with van der Waals surface area (Å²) in [7, 11) is 0. The van der Waals surface area contributed by atoms with Gasteiger partial charge in [0.1, 0.15) is 23.8 Å². The van der Waals surface area contributed by atoms with Crippen LogP contribution in [0.4, 0.5) is 5.69 Å². The van der Waals surface area contributed by atoms with Crippen molar-refractivity contribution in [3.8, 4) is 0 Å². The summed E-state index contributed by atoms with van der Waals surface area (Å²) in [5, 5.41) is 22.7. The van der Waals surface area contributed by atoms with E-state index in [0.717, 1.165) is 0 Å². The minimum absolute atomic E-state index is 0.0721. The van der Waals surface area contributed by atoms with Crippen LogP contribution in [0, 0.1) is 5.92 Å². The van der Waals surface area contributed by atoms with Gasteiger partial charge in [0.25, 0.3) is 0 Å². The van der Waals surface area contributed by atoms with Crippen molar-refractivity contribution in [3.05, 3.63) is 18.6 Å². The predicted octanol–water partition coefficient (Wildman–Crippen LogP) is -1.27. The number of rotatable bonds is 5. The molecule has 10 heteroatoms. The maximum atomic E-state index is 12.4. The molecule has 1 fully saturated rings. The second-order valence-electron chi connectivity index (χ2n) is 6.77. The van der Waals surface area contributed by atoms with E-state index in [0.29, 0.717) is 16.9 Å². The number of hydrogen-bond donors (Lipinski definition) is 5. The number of nitrogens with zero attached hydrogens (tertiary/aromatic N) is 3. The molecule has 26 heavy (non-hydrogen) atoms. The van der Waals surface area contributed by atoms with E-state index >= 15 is 0 Å². The molecule has 10 nitrogen and oxygen atoms in total. The quantitative estimate of drug-likeness (QED) is 0.439. The summed E-state index contributed by atoms with van der Waals surface area (Å²) in [5.41, 5.74) is 13.2. The number of nitrogen functional groups attached to an aromatic ring is 1. The monoisotopic (exact) mass is 364 g/mol. The molecule has 2 aromatic rings. The zero-order chi connectivity index (χ0) is 19.0. The first-order valence-electron chi connectivity index (χ1n) is 8.42. The van der Waals surface area contributed by atoms with Gasteiger partial charge in [-0.3, -0.25) is 9.36 Å². The third-order valence-corrected chi connectivity index (χ3v) is 4.65.